The molecule has 0 unspecified atom stereocenters. The minimum atomic E-state index is 0.696. The van der Waals surface area contributed by atoms with Crippen molar-refractivity contribution in [3.8, 4) is 0 Å². The second kappa shape index (κ2) is 11.1. The number of rotatable bonds is 8. The lowest BCUT2D eigenvalue weighted by molar-refractivity contribution is 0.152. The standard InChI is InChI=1S/C20H34N4O/c1-4-25-14-11-22-20(21-3)23-15-18-5-7-19(8-6-18)16-24-12-9-17(2)10-13-24/h5-8,17H,4,9-16H2,1-3H3,(H2,21,22,23). The first kappa shape index (κ1) is 19.7. The Hall–Kier alpha value is -1.59. The van der Waals surface area contributed by atoms with Gasteiger partial charge in [0.15, 0.2) is 5.96 Å². The van der Waals surface area contributed by atoms with Gasteiger partial charge in [0.05, 0.1) is 6.61 Å². The molecule has 1 heterocycles. The van der Waals surface area contributed by atoms with Gasteiger partial charge >= 0.3 is 0 Å². The molecule has 1 fully saturated rings. The third-order valence-electron chi connectivity index (χ3n) is 4.73. The fourth-order valence-corrected chi connectivity index (χ4v) is 3.03. The summed E-state index contributed by atoms with van der Waals surface area (Å²) < 4.78 is 5.32. The van der Waals surface area contributed by atoms with Crippen LogP contribution in [0.25, 0.3) is 0 Å². The number of ether oxygens (including phenoxy) is 1. The van der Waals surface area contributed by atoms with Gasteiger partial charge in [-0.3, -0.25) is 9.89 Å². The van der Waals surface area contributed by atoms with E-state index in [1.807, 2.05) is 6.92 Å². The van der Waals surface area contributed by atoms with Gasteiger partial charge in [0.25, 0.3) is 0 Å². The van der Waals surface area contributed by atoms with Crippen molar-refractivity contribution in [3.05, 3.63) is 35.4 Å². The maximum Gasteiger partial charge on any atom is 0.191 e. The van der Waals surface area contributed by atoms with Crippen LogP contribution in [0.2, 0.25) is 0 Å². The Morgan fingerprint density at radius 1 is 1.16 bits per heavy atom. The molecular formula is C20H34N4O. The molecule has 1 aromatic rings. The maximum absolute atomic E-state index is 5.32. The SMILES string of the molecule is CCOCCNC(=NC)NCc1ccc(CN2CCC(C)CC2)cc1. The molecule has 0 aromatic heterocycles. The van der Waals surface area contributed by atoms with E-state index in [0.29, 0.717) is 6.61 Å². The summed E-state index contributed by atoms with van der Waals surface area (Å²) in [5.41, 5.74) is 2.67. The Balaban J connectivity index is 1.72. The van der Waals surface area contributed by atoms with E-state index in [4.69, 9.17) is 4.74 Å². The van der Waals surface area contributed by atoms with E-state index in [0.717, 1.165) is 38.1 Å². The van der Waals surface area contributed by atoms with Crippen molar-refractivity contribution in [2.24, 2.45) is 10.9 Å². The van der Waals surface area contributed by atoms with Crippen LogP contribution in [0.15, 0.2) is 29.3 Å². The van der Waals surface area contributed by atoms with Gasteiger partial charge in [0.1, 0.15) is 0 Å². The molecule has 2 N–H and O–H groups in total. The van der Waals surface area contributed by atoms with Gasteiger partial charge in [0.2, 0.25) is 0 Å². The molecule has 0 radical (unpaired) electrons. The monoisotopic (exact) mass is 346 g/mol. The van der Waals surface area contributed by atoms with E-state index in [1.165, 1.54) is 37.1 Å². The molecule has 1 aliphatic heterocycles. The molecule has 0 saturated carbocycles. The minimum absolute atomic E-state index is 0.696. The molecule has 0 amide bonds. The molecule has 5 nitrogen and oxygen atoms in total. The quantitative estimate of drug-likeness (QED) is 0.432. The lowest BCUT2D eigenvalue weighted by Crippen LogP contribution is -2.38. The molecule has 5 heteroatoms. The van der Waals surface area contributed by atoms with Crippen LogP contribution in [0.1, 0.15) is 37.8 Å². The normalized spacial score (nSPS) is 16.8. The Bertz CT molecular complexity index is 507. The van der Waals surface area contributed by atoms with Crippen LogP contribution in [0.3, 0.4) is 0 Å². The maximum atomic E-state index is 5.32. The van der Waals surface area contributed by atoms with Gasteiger partial charge in [-0.15, -0.1) is 0 Å². The summed E-state index contributed by atoms with van der Waals surface area (Å²) >= 11 is 0. The minimum Gasteiger partial charge on any atom is -0.380 e. The van der Waals surface area contributed by atoms with Gasteiger partial charge < -0.3 is 15.4 Å². The molecule has 0 aliphatic carbocycles. The van der Waals surface area contributed by atoms with Crippen LogP contribution < -0.4 is 10.6 Å². The summed E-state index contributed by atoms with van der Waals surface area (Å²) in [5.74, 6) is 1.70. The zero-order chi connectivity index (χ0) is 17.9. The van der Waals surface area contributed by atoms with E-state index in [9.17, 15) is 0 Å². The van der Waals surface area contributed by atoms with E-state index in [2.05, 4.69) is 51.7 Å². The van der Waals surface area contributed by atoms with Crippen molar-refractivity contribution in [3.63, 3.8) is 0 Å². The van der Waals surface area contributed by atoms with Crippen molar-refractivity contribution < 1.29 is 4.74 Å². The average molecular weight is 347 g/mol. The highest BCUT2D eigenvalue weighted by molar-refractivity contribution is 5.79. The fourth-order valence-electron chi connectivity index (χ4n) is 3.03. The molecule has 2 rings (SSSR count). The summed E-state index contributed by atoms with van der Waals surface area (Å²) in [5, 5.41) is 6.59. The van der Waals surface area contributed by atoms with Gasteiger partial charge in [0, 0.05) is 33.3 Å². The van der Waals surface area contributed by atoms with E-state index < -0.39 is 0 Å². The topological polar surface area (TPSA) is 48.9 Å². The molecular weight excluding hydrogens is 312 g/mol. The first-order valence-corrected chi connectivity index (χ1v) is 9.53. The number of benzene rings is 1. The Morgan fingerprint density at radius 2 is 1.84 bits per heavy atom. The van der Waals surface area contributed by atoms with Crippen molar-refractivity contribution in [1.29, 1.82) is 0 Å². The number of piperidine rings is 1. The van der Waals surface area contributed by atoms with Gasteiger partial charge in [-0.25, -0.2) is 0 Å². The highest BCUT2D eigenvalue weighted by Gasteiger charge is 2.15. The first-order valence-electron chi connectivity index (χ1n) is 9.53. The summed E-state index contributed by atoms with van der Waals surface area (Å²) in [7, 11) is 1.79. The van der Waals surface area contributed by atoms with Gasteiger partial charge in [-0.1, -0.05) is 31.2 Å². The molecule has 1 aliphatic rings. The summed E-state index contributed by atoms with van der Waals surface area (Å²) in [6, 6.07) is 8.92. The highest BCUT2D eigenvalue weighted by atomic mass is 16.5. The summed E-state index contributed by atoms with van der Waals surface area (Å²) in [4.78, 5) is 6.80. The zero-order valence-electron chi connectivity index (χ0n) is 16.1. The Morgan fingerprint density at radius 3 is 2.48 bits per heavy atom. The van der Waals surface area contributed by atoms with E-state index in [1.54, 1.807) is 7.05 Å². The Labute approximate surface area is 152 Å². The number of hydrogen-bond acceptors (Lipinski definition) is 3. The number of nitrogens with zero attached hydrogens (tertiary/aromatic N) is 2. The van der Waals surface area contributed by atoms with Crippen LogP contribution in [0, 0.1) is 5.92 Å². The summed E-state index contributed by atoms with van der Waals surface area (Å²) in [6.45, 7) is 10.9. The number of guanidine groups is 1. The lowest BCUT2D eigenvalue weighted by Gasteiger charge is -2.30. The third-order valence-corrected chi connectivity index (χ3v) is 4.73. The van der Waals surface area contributed by atoms with E-state index >= 15 is 0 Å². The predicted octanol–water partition coefficient (Wildman–Crippen LogP) is 2.62. The molecule has 0 atom stereocenters. The fraction of sp³-hybridized carbons (Fsp3) is 0.650. The zero-order valence-corrected chi connectivity index (χ0v) is 16.1. The van der Waals surface area contributed by atoms with Crippen LogP contribution in [0.4, 0.5) is 0 Å². The molecule has 1 aromatic carbocycles. The molecule has 140 valence electrons. The second-order valence-corrected chi connectivity index (χ2v) is 6.82. The third kappa shape index (κ3) is 7.45. The smallest absolute Gasteiger partial charge is 0.191 e. The molecule has 25 heavy (non-hydrogen) atoms. The molecule has 0 bridgehead atoms. The highest BCUT2D eigenvalue weighted by Crippen LogP contribution is 2.18. The number of nitrogens with one attached hydrogen (secondary N) is 2. The molecule has 1 saturated heterocycles. The average Bonchev–Trinajstić information content (AvgIpc) is 2.64. The van der Waals surface area contributed by atoms with E-state index in [-0.39, 0.29) is 0 Å². The van der Waals surface area contributed by atoms with Crippen LogP contribution in [-0.2, 0) is 17.8 Å². The summed E-state index contributed by atoms with van der Waals surface area (Å²) in [6.07, 6.45) is 2.66. The van der Waals surface area contributed by atoms with Crippen LogP contribution in [0.5, 0.6) is 0 Å². The number of likely N-dealkylation sites (tertiary alicyclic amines) is 1. The lowest BCUT2D eigenvalue weighted by atomic mass is 9.99. The van der Waals surface area contributed by atoms with Crippen molar-refractivity contribution in [2.75, 3.05) is 39.9 Å². The second-order valence-electron chi connectivity index (χ2n) is 6.82. The molecule has 0 spiro atoms. The Kier molecular flexibility index (Phi) is 8.77. The number of hydrogen-bond donors (Lipinski definition) is 2. The largest absolute Gasteiger partial charge is 0.380 e. The first-order chi connectivity index (χ1) is 12.2. The van der Waals surface area contributed by atoms with Crippen molar-refractivity contribution in [1.82, 2.24) is 15.5 Å². The van der Waals surface area contributed by atoms with Crippen LogP contribution >= 0.6 is 0 Å². The number of aliphatic imine (C=N–C) groups is 1. The van der Waals surface area contributed by atoms with Crippen molar-refractivity contribution in [2.45, 2.75) is 39.8 Å². The van der Waals surface area contributed by atoms with Gasteiger partial charge in [-0.05, 0) is 49.9 Å². The predicted molar refractivity (Wildman–Crippen MR) is 105 cm³/mol. The van der Waals surface area contributed by atoms with Gasteiger partial charge in [-0.2, -0.15) is 0 Å². The van der Waals surface area contributed by atoms with Crippen molar-refractivity contribution >= 4 is 5.96 Å². The van der Waals surface area contributed by atoms with Crippen LogP contribution in [-0.4, -0.2) is 50.8 Å².